The van der Waals surface area contributed by atoms with Crippen molar-refractivity contribution in [2.24, 2.45) is 11.1 Å². The maximum absolute atomic E-state index is 9.14. The van der Waals surface area contributed by atoms with Gasteiger partial charge in [0.2, 0.25) is 0 Å². The lowest BCUT2D eigenvalue weighted by molar-refractivity contribution is 0.316. The van der Waals surface area contributed by atoms with E-state index in [9.17, 15) is 0 Å². The molecule has 3 rings (SSSR count). The van der Waals surface area contributed by atoms with Gasteiger partial charge in [-0.1, -0.05) is 64.8 Å². The first kappa shape index (κ1) is 13.7. The van der Waals surface area contributed by atoms with Crippen LogP contribution in [-0.4, -0.2) is 10.9 Å². The molecule has 1 aromatic rings. The van der Waals surface area contributed by atoms with Crippen LogP contribution in [0, 0.1) is 5.92 Å². The number of halogens is 2. The normalized spacial score (nSPS) is 27.8. The summed E-state index contributed by atoms with van der Waals surface area (Å²) in [5.41, 5.74) is 3.07. The van der Waals surface area contributed by atoms with E-state index in [0.717, 1.165) is 30.5 Å². The summed E-state index contributed by atoms with van der Waals surface area (Å²) in [6, 6.07) is 8.15. The van der Waals surface area contributed by atoms with Crippen molar-refractivity contribution in [3.63, 3.8) is 0 Å². The molecule has 0 aliphatic heterocycles. The molecule has 104 valence electrons. The molecular weight excluding hydrogens is 293 g/mol. The number of hydrogen-bond donors (Lipinski definition) is 1. The summed E-state index contributed by atoms with van der Waals surface area (Å²) in [7, 11) is 0. The molecule has 2 atom stereocenters. The van der Waals surface area contributed by atoms with Crippen LogP contribution in [0.5, 0.6) is 0 Å². The van der Waals surface area contributed by atoms with Crippen molar-refractivity contribution in [2.45, 2.75) is 25.2 Å². The first-order chi connectivity index (χ1) is 9.70. The number of benzene rings is 1. The molecule has 2 unspecified atom stereocenters. The highest BCUT2D eigenvalue weighted by molar-refractivity contribution is 6.44. The molecule has 2 nitrogen and oxygen atoms in total. The number of allylic oxidation sites excluding steroid dienone is 4. The van der Waals surface area contributed by atoms with Gasteiger partial charge in [-0.25, -0.2) is 0 Å². The third-order valence-corrected chi connectivity index (χ3v) is 4.94. The Morgan fingerprint density at radius 3 is 2.70 bits per heavy atom. The molecule has 0 radical (unpaired) electrons. The maximum Gasteiger partial charge on any atom is 0.0870 e. The van der Waals surface area contributed by atoms with Gasteiger partial charge >= 0.3 is 0 Å². The van der Waals surface area contributed by atoms with Crippen LogP contribution in [0.25, 0.3) is 0 Å². The summed E-state index contributed by atoms with van der Waals surface area (Å²) < 4.78 is 0. The van der Waals surface area contributed by atoms with Crippen molar-refractivity contribution in [1.29, 1.82) is 0 Å². The van der Waals surface area contributed by atoms with Crippen LogP contribution < -0.4 is 0 Å². The molecule has 0 saturated carbocycles. The van der Waals surface area contributed by atoms with Crippen LogP contribution in [0.3, 0.4) is 0 Å². The molecule has 1 aromatic carbocycles. The van der Waals surface area contributed by atoms with E-state index in [4.69, 9.17) is 28.4 Å². The summed E-state index contributed by atoms with van der Waals surface area (Å²) in [4.78, 5) is 0. The summed E-state index contributed by atoms with van der Waals surface area (Å²) in [5, 5.41) is 13.9. The lowest BCUT2D eigenvalue weighted by atomic mass is 9.73. The van der Waals surface area contributed by atoms with Gasteiger partial charge in [-0.05, 0) is 36.7 Å². The number of oxime groups is 1. The summed E-state index contributed by atoms with van der Waals surface area (Å²) in [5.74, 6) is 0.748. The summed E-state index contributed by atoms with van der Waals surface area (Å²) in [6.45, 7) is 0. The molecule has 0 aromatic heterocycles. The third-order valence-electron chi connectivity index (χ3n) is 4.16. The molecule has 1 N–H and O–H groups in total. The van der Waals surface area contributed by atoms with Gasteiger partial charge in [0.15, 0.2) is 0 Å². The standard InChI is InChI=1S/C16H15Cl2NO/c17-14-7-5-10(9-15(14)18)11-6-8-16(19-20)13-4-2-1-3-12(11)13/h1-4,7,9-11,20H,5-6,8H2/b19-16+. The van der Waals surface area contributed by atoms with Gasteiger partial charge in [0, 0.05) is 5.56 Å². The highest BCUT2D eigenvalue weighted by atomic mass is 35.5. The fourth-order valence-electron chi connectivity index (χ4n) is 3.17. The Balaban J connectivity index is 1.97. The lowest BCUT2D eigenvalue weighted by Gasteiger charge is -2.32. The van der Waals surface area contributed by atoms with E-state index in [-0.39, 0.29) is 0 Å². The average molecular weight is 308 g/mol. The Morgan fingerprint density at radius 2 is 1.95 bits per heavy atom. The average Bonchev–Trinajstić information content (AvgIpc) is 2.49. The van der Waals surface area contributed by atoms with Gasteiger partial charge in [-0.3, -0.25) is 0 Å². The molecule has 20 heavy (non-hydrogen) atoms. The van der Waals surface area contributed by atoms with Gasteiger partial charge < -0.3 is 5.21 Å². The quantitative estimate of drug-likeness (QED) is 0.574. The van der Waals surface area contributed by atoms with Crippen LogP contribution in [0.2, 0.25) is 0 Å². The molecule has 2 aliphatic rings. The Bertz CT molecular complexity index is 619. The molecule has 0 bridgehead atoms. The second-order valence-corrected chi connectivity index (χ2v) is 6.06. The summed E-state index contributed by atoms with van der Waals surface area (Å²) in [6.07, 6.45) is 6.71. The number of rotatable bonds is 1. The first-order valence-corrected chi connectivity index (χ1v) is 7.50. The molecule has 0 spiro atoms. The molecule has 0 saturated heterocycles. The van der Waals surface area contributed by atoms with Crippen LogP contribution in [0.4, 0.5) is 0 Å². The van der Waals surface area contributed by atoms with E-state index in [1.807, 2.05) is 24.3 Å². The second-order valence-electron chi connectivity index (χ2n) is 5.25. The topological polar surface area (TPSA) is 32.6 Å². The van der Waals surface area contributed by atoms with Crippen molar-refractivity contribution in [3.8, 4) is 0 Å². The molecule has 2 aliphatic carbocycles. The number of hydrogen-bond acceptors (Lipinski definition) is 2. The van der Waals surface area contributed by atoms with Crippen molar-refractivity contribution >= 4 is 28.9 Å². The van der Waals surface area contributed by atoms with E-state index >= 15 is 0 Å². The van der Waals surface area contributed by atoms with Crippen LogP contribution in [0.15, 0.2) is 51.6 Å². The Labute approximate surface area is 128 Å². The van der Waals surface area contributed by atoms with E-state index in [1.165, 1.54) is 5.56 Å². The van der Waals surface area contributed by atoms with Gasteiger partial charge in [-0.2, -0.15) is 0 Å². The fourth-order valence-corrected chi connectivity index (χ4v) is 3.56. The molecule has 0 heterocycles. The zero-order chi connectivity index (χ0) is 14.1. The second kappa shape index (κ2) is 5.63. The predicted molar refractivity (Wildman–Crippen MR) is 82.7 cm³/mol. The van der Waals surface area contributed by atoms with Crippen molar-refractivity contribution in [3.05, 3.63) is 57.6 Å². The zero-order valence-electron chi connectivity index (χ0n) is 10.9. The maximum atomic E-state index is 9.14. The minimum Gasteiger partial charge on any atom is -0.411 e. The minimum atomic E-state index is 0.353. The molecular formula is C16H15Cl2NO. The van der Waals surface area contributed by atoms with Crippen LogP contribution >= 0.6 is 23.2 Å². The molecule has 4 heteroatoms. The summed E-state index contributed by atoms with van der Waals surface area (Å²) >= 11 is 12.2. The van der Waals surface area contributed by atoms with Crippen molar-refractivity contribution < 1.29 is 5.21 Å². The van der Waals surface area contributed by atoms with E-state index in [2.05, 4.69) is 17.3 Å². The van der Waals surface area contributed by atoms with Crippen molar-refractivity contribution in [2.75, 3.05) is 0 Å². The largest absolute Gasteiger partial charge is 0.411 e. The Kier molecular flexibility index (Phi) is 3.86. The lowest BCUT2D eigenvalue weighted by Crippen LogP contribution is -2.22. The fraction of sp³-hybridized carbons (Fsp3) is 0.312. The van der Waals surface area contributed by atoms with Gasteiger partial charge in [-0.15, -0.1) is 0 Å². The van der Waals surface area contributed by atoms with E-state index < -0.39 is 0 Å². The third kappa shape index (κ3) is 2.38. The Morgan fingerprint density at radius 1 is 1.15 bits per heavy atom. The van der Waals surface area contributed by atoms with Crippen LogP contribution in [0.1, 0.15) is 36.3 Å². The highest BCUT2D eigenvalue weighted by Crippen LogP contribution is 2.42. The predicted octanol–water partition coefficient (Wildman–Crippen LogP) is 5.01. The van der Waals surface area contributed by atoms with Crippen molar-refractivity contribution in [1.82, 2.24) is 0 Å². The van der Waals surface area contributed by atoms with Gasteiger partial charge in [0.05, 0.1) is 15.8 Å². The van der Waals surface area contributed by atoms with E-state index in [1.54, 1.807) is 0 Å². The SMILES string of the molecule is O/N=C1\CCC(C2C=C(Cl)C(Cl)=CC2)c2ccccc21. The van der Waals surface area contributed by atoms with Gasteiger partial charge in [0.1, 0.15) is 0 Å². The monoisotopic (exact) mass is 307 g/mol. The Hall–Kier alpha value is -1.25. The number of fused-ring (bicyclic) bond motifs is 1. The minimum absolute atomic E-state index is 0.353. The zero-order valence-corrected chi connectivity index (χ0v) is 12.4. The first-order valence-electron chi connectivity index (χ1n) is 6.74. The van der Waals surface area contributed by atoms with E-state index in [0.29, 0.717) is 21.9 Å². The highest BCUT2D eigenvalue weighted by Gasteiger charge is 2.30. The van der Waals surface area contributed by atoms with Crippen LogP contribution in [-0.2, 0) is 0 Å². The molecule has 0 amide bonds. The number of nitrogens with zero attached hydrogens (tertiary/aromatic N) is 1. The smallest absolute Gasteiger partial charge is 0.0870 e. The molecule has 0 fully saturated rings. The van der Waals surface area contributed by atoms with Gasteiger partial charge in [0.25, 0.3) is 0 Å².